The van der Waals surface area contributed by atoms with E-state index in [-0.39, 0.29) is 12.0 Å². The summed E-state index contributed by atoms with van der Waals surface area (Å²) in [6, 6.07) is 0.789. The minimum Gasteiger partial charge on any atom is -0.464 e. The second-order valence-corrected chi connectivity index (χ2v) is 4.31. The number of hydrogen-bond donors (Lipinski definition) is 1. The van der Waals surface area contributed by atoms with Gasteiger partial charge >= 0.3 is 5.97 Å². The molecule has 4 aliphatic rings. The fraction of sp³-hybridized carbons (Fsp3) is 0.889. The highest BCUT2D eigenvalue weighted by atomic mass is 16.5. The Morgan fingerprint density at radius 2 is 2.38 bits per heavy atom. The third-order valence-electron chi connectivity index (χ3n) is 3.71. The van der Waals surface area contributed by atoms with Crippen molar-refractivity contribution >= 4 is 5.97 Å². The van der Waals surface area contributed by atoms with Gasteiger partial charge in [0.1, 0.15) is 6.04 Å². The van der Waals surface area contributed by atoms with Crippen LogP contribution in [-0.2, 0) is 9.53 Å². The van der Waals surface area contributed by atoms with Crippen LogP contribution in [-0.4, -0.2) is 42.1 Å². The van der Waals surface area contributed by atoms with Crippen LogP contribution in [0.4, 0.5) is 0 Å². The Morgan fingerprint density at radius 1 is 1.54 bits per heavy atom. The summed E-state index contributed by atoms with van der Waals surface area (Å²) in [5, 5.41) is 0. The quantitative estimate of drug-likeness (QED) is 0.547. The third kappa shape index (κ3) is 0.901. The highest BCUT2D eigenvalue weighted by molar-refractivity contribution is 5.77. The Labute approximate surface area is 77.0 Å². The maximum atomic E-state index is 11.3. The summed E-state index contributed by atoms with van der Waals surface area (Å²) in [4.78, 5) is 13.6. The summed E-state index contributed by atoms with van der Waals surface area (Å²) in [6.07, 6.45) is 2.04. The lowest BCUT2D eigenvalue weighted by molar-refractivity contribution is -0.142. The van der Waals surface area contributed by atoms with Gasteiger partial charge in [-0.3, -0.25) is 9.69 Å². The number of rotatable bonds is 1. The third-order valence-corrected chi connectivity index (χ3v) is 3.71. The summed E-state index contributed by atoms with van der Waals surface area (Å²) in [6.45, 7) is 1.60. The summed E-state index contributed by atoms with van der Waals surface area (Å²) in [7, 11) is 0. The summed E-state index contributed by atoms with van der Waals surface area (Å²) in [5.74, 6) is 0.596. The largest absolute Gasteiger partial charge is 0.464 e. The molecule has 4 nitrogen and oxygen atoms in total. The lowest BCUT2D eigenvalue weighted by atomic mass is 9.81. The number of nitrogens with two attached hydrogens (primary N) is 1. The Hall–Kier alpha value is -0.610. The monoisotopic (exact) mass is 182 g/mol. The van der Waals surface area contributed by atoms with E-state index in [1.165, 1.54) is 6.42 Å². The molecule has 13 heavy (non-hydrogen) atoms. The van der Waals surface area contributed by atoms with Crippen LogP contribution < -0.4 is 5.73 Å². The molecule has 0 spiro atoms. The van der Waals surface area contributed by atoms with Crippen molar-refractivity contribution in [3.05, 3.63) is 0 Å². The molecule has 4 atom stereocenters. The molecule has 4 fully saturated rings. The van der Waals surface area contributed by atoms with Gasteiger partial charge in [0.15, 0.2) is 0 Å². The van der Waals surface area contributed by atoms with Crippen molar-refractivity contribution in [2.24, 2.45) is 11.7 Å². The smallest absolute Gasteiger partial charge is 0.323 e. The van der Waals surface area contributed by atoms with Gasteiger partial charge in [0.25, 0.3) is 0 Å². The second-order valence-electron chi connectivity index (χ2n) is 4.31. The van der Waals surface area contributed by atoms with E-state index in [1.807, 2.05) is 0 Å². The topological polar surface area (TPSA) is 55.6 Å². The zero-order valence-corrected chi connectivity index (χ0v) is 7.48. The molecule has 2 N–H and O–H groups in total. The second kappa shape index (κ2) is 2.45. The minimum atomic E-state index is -0.0419. The van der Waals surface area contributed by atoms with E-state index in [9.17, 15) is 4.79 Å². The standard InChI is InChI=1S/C9H14N2O2/c10-8-5-3-7(8)11(4-5)6-1-2-13-9(6)12/h5-8H,1-4,10H2. The van der Waals surface area contributed by atoms with Crippen LogP contribution in [0.15, 0.2) is 0 Å². The first-order valence-corrected chi connectivity index (χ1v) is 4.95. The number of ether oxygens (including phenoxy) is 1. The van der Waals surface area contributed by atoms with Crippen LogP contribution in [0, 0.1) is 5.92 Å². The fourth-order valence-corrected chi connectivity index (χ4v) is 2.85. The molecule has 1 saturated carbocycles. The van der Waals surface area contributed by atoms with E-state index < -0.39 is 0 Å². The Kier molecular flexibility index (Phi) is 1.46. The van der Waals surface area contributed by atoms with E-state index in [2.05, 4.69) is 4.90 Å². The normalized spacial score (nSPS) is 49.2. The van der Waals surface area contributed by atoms with Gasteiger partial charge in [0, 0.05) is 25.0 Å². The lowest BCUT2D eigenvalue weighted by Crippen LogP contribution is -2.52. The van der Waals surface area contributed by atoms with E-state index in [1.54, 1.807) is 0 Å². The van der Waals surface area contributed by atoms with Crippen LogP contribution in [0.3, 0.4) is 0 Å². The fourth-order valence-electron chi connectivity index (χ4n) is 2.85. The molecule has 1 aliphatic carbocycles. The average molecular weight is 182 g/mol. The van der Waals surface area contributed by atoms with Gasteiger partial charge in [-0.2, -0.15) is 0 Å². The van der Waals surface area contributed by atoms with Crippen molar-refractivity contribution in [1.82, 2.24) is 4.90 Å². The summed E-state index contributed by atoms with van der Waals surface area (Å²) < 4.78 is 4.96. The first-order chi connectivity index (χ1) is 6.27. The van der Waals surface area contributed by atoms with Crippen LogP contribution in [0.25, 0.3) is 0 Å². The minimum absolute atomic E-state index is 0.0172. The lowest BCUT2D eigenvalue weighted by Gasteiger charge is -2.34. The Morgan fingerprint density at radius 3 is 2.85 bits per heavy atom. The molecule has 0 radical (unpaired) electrons. The molecule has 4 heteroatoms. The summed E-state index contributed by atoms with van der Waals surface area (Å²) in [5.41, 5.74) is 5.94. The van der Waals surface area contributed by atoms with Gasteiger partial charge in [-0.05, 0) is 12.3 Å². The maximum absolute atomic E-state index is 11.3. The number of hydrogen-bond acceptors (Lipinski definition) is 4. The van der Waals surface area contributed by atoms with Gasteiger partial charge in [0.2, 0.25) is 0 Å². The first kappa shape index (κ1) is 7.76. The van der Waals surface area contributed by atoms with E-state index >= 15 is 0 Å². The number of carbonyl (C=O) groups excluding carboxylic acids is 1. The van der Waals surface area contributed by atoms with Crippen LogP contribution in [0.5, 0.6) is 0 Å². The molecular weight excluding hydrogens is 168 g/mol. The molecule has 4 unspecified atom stereocenters. The van der Waals surface area contributed by atoms with Gasteiger partial charge in [-0.25, -0.2) is 0 Å². The van der Waals surface area contributed by atoms with Crippen molar-refractivity contribution in [2.75, 3.05) is 13.2 Å². The average Bonchev–Trinajstić information content (AvgIpc) is 2.74. The van der Waals surface area contributed by atoms with Crippen LogP contribution in [0.1, 0.15) is 12.8 Å². The molecule has 2 bridgehead atoms. The number of carbonyl (C=O) groups is 1. The van der Waals surface area contributed by atoms with Gasteiger partial charge in [-0.15, -0.1) is 0 Å². The van der Waals surface area contributed by atoms with Crippen LogP contribution >= 0.6 is 0 Å². The predicted molar refractivity (Wildman–Crippen MR) is 45.9 cm³/mol. The number of cyclic esters (lactones) is 1. The zero-order chi connectivity index (χ0) is 9.00. The zero-order valence-electron chi connectivity index (χ0n) is 7.48. The molecule has 0 aromatic carbocycles. The molecule has 0 aromatic heterocycles. The van der Waals surface area contributed by atoms with Gasteiger partial charge < -0.3 is 10.5 Å². The molecule has 3 heterocycles. The number of fused-ring (bicyclic) bond motifs is 1. The van der Waals surface area contributed by atoms with Crippen molar-refractivity contribution in [3.63, 3.8) is 0 Å². The molecule has 3 saturated heterocycles. The van der Waals surface area contributed by atoms with Crippen LogP contribution in [0.2, 0.25) is 0 Å². The predicted octanol–water partition coefficient (Wildman–Crippen LogP) is -0.667. The number of nitrogens with zero attached hydrogens (tertiary/aromatic N) is 1. The molecule has 3 aliphatic heterocycles. The Balaban J connectivity index is 1.76. The first-order valence-electron chi connectivity index (χ1n) is 4.95. The highest BCUT2D eigenvalue weighted by Crippen LogP contribution is 2.42. The Bertz CT molecular complexity index is 256. The van der Waals surface area contributed by atoms with Crippen molar-refractivity contribution in [3.8, 4) is 0 Å². The van der Waals surface area contributed by atoms with Gasteiger partial charge in [0.05, 0.1) is 6.61 Å². The highest BCUT2D eigenvalue weighted by Gasteiger charge is 2.54. The molecule has 0 aromatic rings. The molecule has 0 amide bonds. The molecule has 72 valence electrons. The van der Waals surface area contributed by atoms with Crippen molar-refractivity contribution in [1.29, 1.82) is 0 Å². The van der Waals surface area contributed by atoms with E-state index in [0.717, 1.165) is 13.0 Å². The van der Waals surface area contributed by atoms with Gasteiger partial charge in [-0.1, -0.05) is 0 Å². The van der Waals surface area contributed by atoms with E-state index in [0.29, 0.717) is 24.6 Å². The SMILES string of the molecule is NC1C2CC1N(C1CCOC1=O)C2. The van der Waals surface area contributed by atoms with E-state index in [4.69, 9.17) is 10.5 Å². The molecular formula is C9H14N2O2. The molecule has 4 rings (SSSR count). The maximum Gasteiger partial charge on any atom is 0.323 e. The number of esters is 1. The summed E-state index contributed by atoms with van der Waals surface area (Å²) >= 11 is 0. The van der Waals surface area contributed by atoms with Crippen molar-refractivity contribution < 1.29 is 9.53 Å². The van der Waals surface area contributed by atoms with Crippen molar-refractivity contribution in [2.45, 2.75) is 31.0 Å².